The summed E-state index contributed by atoms with van der Waals surface area (Å²) in [4.78, 5) is 23.3. The van der Waals surface area contributed by atoms with E-state index >= 15 is 0 Å². The predicted octanol–water partition coefficient (Wildman–Crippen LogP) is 2.26. The van der Waals surface area contributed by atoms with Crippen molar-refractivity contribution in [2.75, 3.05) is 13.2 Å². The molecule has 1 amide bonds. The van der Waals surface area contributed by atoms with Gasteiger partial charge in [-0.1, -0.05) is 30.3 Å². The molecule has 1 aliphatic rings. The van der Waals surface area contributed by atoms with Gasteiger partial charge in [0, 0.05) is 6.54 Å². The highest BCUT2D eigenvalue weighted by Gasteiger charge is 2.51. The number of hydrogen-bond donors (Lipinski definition) is 1. The maximum atomic E-state index is 11.7. The van der Waals surface area contributed by atoms with E-state index in [0.29, 0.717) is 6.61 Å². The Morgan fingerprint density at radius 3 is 2.50 bits per heavy atom. The lowest BCUT2D eigenvalue weighted by atomic mass is 10.1. The second-order valence-electron chi connectivity index (χ2n) is 4.92. The van der Waals surface area contributed by atoms with Crippen molar-refractivity contribution in [2.24, 2.45) is 5.41 Å². The highest BCUT2D eigenvalue weighted by molar-refractivity contribution is 5.81. The second-order valence-corrected chi connectivity index (χ2v) is 4.92. The number of ether oxygens (including phenoxy) is 2. The molecule has 2 rings (SSSR count). The lowest BCUT2D eigenvalue weighted by molar-refractivity contribution is -0.149. The van der Waals surface area contributed by atoms with Crippen LogP contribution < -0.4 is 5.32 Å². The summed E-state index contributed by atoms with van der Waals surface area (Å²) in [6, 6.07) is 9.44. The van der Waals surface area contributed by atoms with Crippen molar-refractivity contribution in [3.8, 4) is 0 Å². The first kappa shape index (κ1) is 14.4. The molecule has 0 radical (unpaired) electrons. The van der Waals surface area contributed by atoms with Gasteiger partial charge in [-0.15, -0.1) is 0 Å². The lowest BCUT2D eigenvalue weighted by Crippen LogP contribution is -2.35. The topological polar surface area (TPSA) is 64.6 Å². The SMILES string of the molecule is CCOC(=O)C1(CNC(=O)OCc2ccccc2)CC1. The second kappa shape index (κ2) is 6.41. The Balaban J connectivity index is 1.72. The van der Waals surface area contributed by atoms with Gasteiger partial charge in [-0.05, 0) is 25.3 Å². The molecule has 0 aromatic heterocycles. The third kappa shape index (κ3) is 3.73. The van der Waals surface area contributed by atoms with Gasteiger partial charge in [0.2, 0.25) is 0 Å². The van der Waals surface area contributed by atoms with Crippen molar-refractivity contribution < 1.29 is 19.1 Å². The van der Waals surface area contributed by atoms with Gasteiger partial charge in [-0.2, -0.15) is 0 Å². The maximum absolute atomic E-state index is 11.7. The number of carbonyl (C=O) groups excluding carboxylic acids is 2. The third-order valence-corrected chi connectivity index (χ3v) is 3.35. The smallest absolute Gasteiger partial charge is 0.407 e. The molecule has 20 heavy (non-hydrogen) atoms. The largest absolute Gasteiger partial charge is 0.466 e. The maximum Gasteiger partial charge on any atom is 0.407 e. The van der Waals surface area contributed by atoms with Crippen LogP contribution in [0.2, 0.25) is 0 Å². The Labute approximate surface area is 118 Å². The molecule has 0 spiro atoms. The molecule has 1 N–H and O–H groups in total. The minimum absolute atomic E-state index is 0.221. The van der Waals surface area contributed by atoms with Crippen molar-refractivity contribution in [3.05, 3.63) is 35.9 Å². The van der Waals surface area contributed by atoms with E-state index < -0.39 is 11.5 Å². The van der Waals surface area contributed by atoms with Crippen LogP contribution in [0.5, 0.6) is 0 Å². The Morgan fingerprint density at radius 2 is 1.90 bits per heavy atom. The summed E-state index contributed by atoms with van der Waals surface area (Å²) in [5.41, 5.74) is 0.399. The van der Waals surface area contributed by atoms with Crippen LogP contribution in [0.15, 0.2) is 30.3 Å². The van der Waals surface area contributed by atoms with Gasteiger partial charge < -0.3 is 14.8 Å². The van der Waals surface area contributed by atoms with E-state index in [9.17, 15) is 9.59 Å². The Morgan fingerprint density at radius 1 is 1.20 bits per heavy atom. The van der Waals surface area contributed by atoms with Gasteiger partial charge in [-0.3, -0.25) is 4.79 Å². The molecule has 0 aliphatic heterocycles. The molecular weight excluding hydrogens is 258 g/mol. The fourth-order valence-electron chi connectivity index (χ4n) is 1.90. The van der Waals surface area contributed by atoms with Gasteiger partial charge in [0.05, 0.1) is 12.0 Å². The van der Waals surface area contributed by atoms with Crippen LogP contribution in [0.25, 0.3) is 0 Å². The van der Waals surface area contributed by atoms with Gasteiger partial charge in [-0.25, -0.2) is 4.79 Å². The molecule has 1 aromatic rings. The normalized spacial score (nSPS) is 15.2. The monoisotopic (exact) mass is 277 g/mol. The minimum Gasteiger partial charge on any atom is -0.466 e. The van der Waals surface area contributed by atoms with E-state index in [0.717, 1.165) is 18.4 Å². The summed E-state index contributed by atoms with van der Waals surface area (Å²) < 4.78 is 10.1. The van der Waals surface area contributed by atoms with Crippen LogP contribution in [-0.4, -0.2) is 25.2 Å². The predicted molar refractivity (Wildman–Crippen MR) is 72.9 cm³/mol. The average molecular weight is 277 g/mol. The molecule has 108 valence electrons. The number of rotatable bonds is 6. The molecule has 1 aliphatic carbocycles. The van der Waals surface area contributed by atoms with E-state index in [1.807, 2.05) is 30.3 Å². The first-order chi connectivity index (χ1) is 9.66. The van der Waals surface area contributed by atoms with Crippen LogP contribution in [0.3, 0.4) is 0 Å². The van der Waals surface area contributed by atoms with Gasteiger partial charge >= 0.3 is 12.1 Å². The Bertz CT molecular complexity index is 468. The van der Waals surface area contributed by atoms with Crippen LogP contribution in [0.4, 0.5) is 4.79 Å². The first-order valence-corrected chi connectivity index (χ1v) is 6.78. The molecule has 1 fully saturated rings. The molecule has 0 bridgehead atoms. The summed E-state index contributed by atoms with van der Waals surface area (Å²) >= 11 is 0. The summed E-state index contributed by atoms with van der Waals surface area (Å²) in [5, 5.41) is 2.63. The van der Waals surface area contributed by atoms with Gasteiger partial charge in [0.1, 0.15) is 6.61 Å². The van der Waals surface area contributed by atoms with Crippen molar-refractivity contribution >= 4 is 12.1 Å². The lowest BCUT2D eigenvalue weighted by Gasteiger charge is -2.14. The quantitative estimate of drug-likeness (QED) is 0.810. The van der Waals surface area contributed by atoms with Gasteiger partial charge in [0.25, 0.3) is 0 Å². The molecule has 1 aromatic carbocycles. The fraction of sp³-hybridized carbons (Fsp3) is 0.467. The molecule has 0 saturated heterocycles. The molecule has 0 unspecified atom stereocenters. The molecule has 5 nitrogen and oxygen atoms in total. The average Bonchev–Trinajstić information content (AvgIpc) is 3.26. The summed E-state index contributed by atoms with van der Waals surface area (Å²) in [6.45, 7) is 2.63. The third-order valence-electron chi connectivity index (χ3n) is 3.35. The van der Waals surface area contributed by atoms with E-state index in [2.05, 4.69) is 5.32 Å². The highest BCUT2D eigenvalue weighted by atomic mass is 16.5. The van der Waals surface area contributed by atoms with E-state index in [-0.39, 0.29) is 19.1 Å². The number of nitrogens with one attached hydrogen (secondary N) is 1. The number of benzene rings is 1. The van der Waals surface area contributed by atoms with Crippen LogP contribution >= 0.6 is 0 Å². The van der Waals surface area contributed by atoms with Crippen molar-refractivity contribution in [1.29, 1.82) is 0 Å². The molecule has 0 heterocycles. The van der Waals surface area contributed by atoms with Crippen LogP contribution in [0.1, 0.15) is 25.3 Å². The highest BCUT2D eigenvalue weighted by Crippen LogP contribution is 2.46. The number of hydrogen-bond acceptors (Lipinski definition) is 4. The zero-order valence-electron chi connectivity index (χ0n) is 11.6. The molecule has 0 atom stereocenters. The Hall–Kier alpha value is -2.04. The summed E-state index contributed by atoms with van der Waals surface area (Å²) in [5.74, 6) is -0.233. The van der Waals surface area contributed by atoms with Gasteiger partial charge in [0.15, 0.2) is 0 Å². The van der Waals surface area contributed by atoms with E-state index in [1.165, 1.54) is 0 Å². The van der Waals surface area contributed by atoms with Crippen LogP contribution in [0, 0.1) is 5.41 Å². The molecular formula is C15H19NO4. The summed E-state index contributed by atoms with van der Waals surface area (Å²) in [7, 11) is 0. The van der Waals surface area contributed by atoms with Crippen molar-refractivity contribution in [3.63, 3.8) is 0 Å². The standard InChI is InChI=1S/C15H19NO4/c1-2-19-13(17)15(8-9-15)11-16-14(18)20-10-12-6-4-3-5-7-12/h3-7H,2,8-11H2,1H3,(H,16,18). The minimum atomic E-state index is -0.526. The number of alkyl carbamates (subject to hydrolysis) is 1. The van der Waals surface area contributed by atoms with Crippen molar-refractivity contribution in [1.82, 2.24) is 5.32 Å². The zero-order chi connectivity index (χ0) is 14.4. The zero-order valence-corrected chi connectivity index (χ0v) is 11.6. The number of esters is 1. The fourth-order valence-corrected chi connectivity index (χ4v) is 1.90. The first-order valence-electron chi connectivity index (χ1n) is 6.78. The van der Waals surface area contributed by atoms with E-state index in [1.54, 1.807) is 6.92 Å². The Kier molecular flexibility index (Phi) is 4.61. The summed E-state index contributed by atoms with van der Waals surface area (Å²) in [6.07, 6.45) is 1.000. The van der Waals surface area contributed by atoms with Crippen molar-refractivity contribution in [2.45, 2.75) is 26.4 Å². The van der Waals surface area contributed by atoms with Crippen LogP contribution in [-0.2, 0) is 20.9 Å². The molecule has 5 heteroatoms. The number of carbonyl (C=O) groups is 2. The number of amides is 1. The van der Waals surface area contributed by atoms with E-state index in [4.69, 9.17) is 9.47 Å². The molecule has 1 saturated carbocycles.